The SMILES string of the molecule is Cc1cc(CNC(C)CCc2ccco2)c(C)n1C. The molecule has 2 heterocycles. The average Bonchev–Trinajstić information content (AvgIpc) is 2.99. The van der Waals surface area contributed by atoms with E-state index < -0.39 is 0 Å². The van der Waals surface area contributed by atoms with Gasteiger partial charge >= 0.3 is 0 Å². The zero-order valence-corrected chi connectivity index (χ0v) is 12.4. The van der Waals surface area contributed by atoms with Crippen LogP contribution in [0.4, 0.5) is 0 Å². The minimum absolute atomic E-state index is 0.491. The number of aryl methyl sites for hydroxylation is 2. The molecule has 104 valence electrons. The van der Waals surface area contributed by atoms with Crippen molar-refractivity contribution < 1.29 is 4.42 Å². The number of nitrogens with one attached hydrogen (secondary N) is 1. The van der Waals surface area contributed by atoms with Gasteiger partial charge in [0.1, 0.15) is 5.76 Å². The highest BCUT2D eigenvalue weighted by molar-refractivity contribution is 5.26. The molecule has 0 amide bonds. The van der Waals surface area contributed by atoms with Crippen molar-refractivity contribution in [3.8, 4) is 0 Å². The summed E-state index contributed by atoms with van der Waals surface area (Å²) in [5, 5.41) is 3.59. The summed E-state index contributed by atoms with van der Waals surface area (Å²) in [6.07, 6.45) is 3.83. The Hall–Kier alpha value is -1.48. The van der Waals surface area contributed by atoms with Crippen molar-refractivity contribution in [1.82, 2.24) is 9.88 Å². The van der Waals surface area contributed by atoms with Gasteiger partial charge in [0.15, 0.2) is 0 Å². The molecule has 0 saturated carbocycles. The van der Waals surface area contributed by atoms with E-state index in [2.05, 4.69) is 43.8 Å². The van der Waals surface area contributed by atoms with Gasteiger partial charge in [-0.05, 0) is 51.0 Å². The number of furan rings is 1. The lowest BCUT2D eigenvalue weighted by molar-refractivity contribution is 0.459. The Morgan fingerprint density at radius 3 is 2.74 bits per heavy atom. The Bertz CT molecular complexity index is 511. The van der Waals surface area contributed by atoms with Crippen LogP contribution in [0.2, 0.25) is 0 Å². The maximum atomic E-state index is 5.35. The predicted octanol–water partition coefficient (Wildman–Crippen LogP) is 3.35. The van der Waals surface area contributed by atoms with Crippen LogP contribution in [0.5, 0.6) is 0 Å². The van der Waals surface area contributed by atoms with Crippen LogP contribution < -0.4 is 5.32 Å². The van der Waals surface area contributed by atoms with Crippen LogP contribution in [0.1, 0.15) is 36.1 Å². The lowest BCUT2D eigenvalue weighted by atomic mass is 10.1. The highest BCUT2D eigenvalue weighted by atomic mass is 16.3. The quantitative estimate of drug-likeness (QED) is 0.863. The van der Waals surface area contributed by atoms with Crippen molar-refractivity contribution in [2.24, 2.45) is 7.05 Å². The van der Waals surface area contributed by atoms with Gasteiger partial charge in [0.05, 0.1) is 6.26 Å². The molecule has 3 heteroatoms. The van der Waals surface area contributed by atoms with E-state index >= 15 is 0 Å². The first-order chi connectivity index (χ1) is 9.08. The first-order valence-electron chi connectivity index (χ1n) is 6.95. The molecule has 0 spiro atoms. The number of nitrogens with zero attached hydrogens (tertiary/aromatic N) is 1. The van der Waals surface area contributed by atoms with Crippen LogP contribution in [0.25, 0.3) is 0 Å². The molecule has 0 bridgehead atoms. The van der Waals surface area contributed by atoms with Crippen molar-refractivity contribution in [1.29, 1.82) is 0 Å². The maximum absolute atomic E-state index is 5.35. The summed E-state index contributed by atoms with van der Waals surface area (Å²) >= 11 is 0. The molecule has 1 unspecified atom stereocenters. The zero-order chi connectivity index (χ0) is 13.8. The molecule has 1 N–H and O–H groups in total. The van der Waals surface area contributed by atoms with E-state index in [1.165, 1.54) is 17.0 Å². The van der Waals surface area contributed by atoms with E-state index in [0.29, 0.717) is 6.04 Å². The Morgan fingerprint density at radius 2 is 2.16 bits per heavy atom. The molecule has 2 aromatic rings. The van der Waals surface area contributed by atoms with Crippen LogP contribution >= 0.6 is 0 Å². The van der Waals surface area contributed by atoms with Crippen LogP contribution in [-0.4, -0.2) is 10.6 Å². The lowest BCUT2D eigenvalue weighted by Gasteiger charge is -2.13. The molecule has 3 nitrogen and oxygen atoms in total. The Labute approximate surface area is 115 Å². The normalized spacial score (nSPS) is 12.8. The first-order valence-corrected chi connectivity index (χ1v) is 6.95. The Kier molecular flexibility index (Phi) is 4.48. The molecule has 19 heavy (non-hydrogen) atoms. The van der Waals surface area contributed by atoms with Gasteiger partial charge in [-0.2, -0.15) is 0 Å². The van der Waals surface area contributed by atoms with Gasteiger partial charge in [-0.15, -0.1) is 0 Å². The van der Waals surface area contributed by atoms with Gasteiger partial charge in [-0.1, -0.05) is 0 Å². The maximum Gasteiger partial charge on any atom is 0.103 e. The second-order valence-electron chi connectivity index (χ2n) is 5.36. The topological polar surface area (TPSA) is 30.1 Å². The van der Waals surface area contributed by atoms with E-state index in [9.17, 15) is 0 Å². The molecule has 2 rings (SSSR count). The highest BCUT2D eigenvalue weighted by Gasteiger charge is 2.08. The van der Waals surface area contributed by atoms with Gasteiger partial charge in [-0.3, -0.25) is 0 Å². The van der Waals surface area contributed by atoms with Crippen LogP contribution in [0.15, 0.2) is 28.9 Å². The van der Waals surface area contributed by atoms with E-state index in [4.69, 9.17) is 4.42 Å². The zero-order valence-electron chi connectivity index (χ0n) is 12.4. The summed E-state index contributed by atoms with van der Waals surface area (Å²) in [6.45, 7) is 7.50. The predicted molar refractivity (Wildman–Crippen MR) is 78.2 cm³/mol. The fourth-order valence-corrected chi connectivity index (χ4v) is 2.31. The van der Waals surface area contributed by atoms with Gasteiger partial charge in [0.2, 0.25) is 0 Å². The summed E-state index contributed by atoms with van der Waals surface area (Å²) in [5.74, 6) is 1.07. The second kappa shape index (κ2) is 6.11. The molecule has 0 saturated heterocycles. The Balaban J connectivity index is 1.79. The summed E-state index contributed by atoms with van der Waals surface area (Å²) in [4.78, 5) is 0. The molecule has 0 radical (unpaired) electrons. The lowest BCUT2D eigenvalue weighted by Crippen LogP contribution is -2.26. The smallest absolute Gasteiger partial charge is 0.103 e. The number of aromatic nitrogens is 1. The minimum Gasteiger partial charge on any atom is -0.469 e. The third-order valence-electron chi connectivity index (χ3n) is 3.92. The van der Waals surface area contributed by atoms with Crippen molar-refractivity contribution >= 4 is 0 Å². The molecule has 0 aromatic carbocycles. The monoisotopic (exact) mass is 260 g/mol. The number of rotatable bonds is 6. The van der Waals surface area contributed by atoms with Crippen LogP contribution in [0, 0.1) is 13.8 Å². The third kappa shape index (κ3) is 3.51. The van der Waals surface area contributed by atoms with E-state index in [-0.39, 0.29) is 0 Å². The molecular weight excluding hydrogens is 236 g/mol. The van der Waals surface area contributed by atoms with Gasteiger partial charge < -0.3 is 14.3 Å². The van der Waals surface area contributed by atoms with Gasteiger partial charge in [0.25, 0.3) is 0 Å². The summed E-state index contributed by atoms with van der Waals surface area (Å²) in [5.41, 5.74) is 4.06. The summed E-state index contributed by atoms with van der Waals surface area (Å²) in [7, 11) is 2.12. The minimum atomic E-state index is 0.491. The summed E-state index contributed by atoms with van der Waals surface area (Å²) < 4.78 is 7.59. The summed E-state index contributed by atoms with van der Waals surface area (Å²) in [6, 6.07) is 6.74. The molecular formula is C16H24N2O. The third-order valence-corrected chi connectivity index (χ3v) is 3.92. The first kappa shape index (κ1) is 13.9. The van der Waals surface area contributed by atoms with E-state index in [1.54, 1.807) is 6.26 Å². The largest absolute Gasteiger partial charge is 0.469 e. The molecule has 2 aromatic heterocycles. The van der Waals surface area contributed by atoms with E-state index in [0.717, 1.165) is 25.1 Å². The second-order valence-corrected chi connectivity index (χ2v) is 5.36. The molecule has 0 aliphatic rings. The van der Waals surface area contributed by atoms with Crippen molar-refractivity contribution in [3.63, 3.8) is 0 Å². The molecule has 0 fully saturated rings. The fourth-order valence-electron chi connectivity index (χ4n) is 2.31. The number of hydrogen-bond acceptors (Lipinski definition) is 2. The molecule has 0 aliphatic carbocycles. The van der Waals surface area contributed by atoms with Crippen molar-refractivity contribution in [3.05, 3.63) is 47.2 Å². The standard InChI is InChI=1S/C16H24N2O/c1-12(7-8-16-6-5-9-19-16)17-11-15-10-13(2)18(4)14(15)3/h5-6,9-10,12,17H,7-8,11H2,1-4H3. The van der Waals surface area contributed by atoms with Gasteiger partial charge in [0, 0.05) is 37.4 Å². The highest BCUT2D eigenvalue weighted by Crippen LogP contribution is 2.13. The van der Waals surface area contributed by atoms with Crippen LogP contribution in [0.3, 0.4) is 0 Å². The molecule has 1 atom stereocenters. The van der Waals surface area contributed by atoms with Gasteiger partial charge in [-0.25, -0.2) is 0 Å². The molecule has 0 aliphatic heterocycles. The average molecular weight is 260 g/mol. The fraction of sp³-hybridized carbons (Fsp3) is 0.500. The Morgan fingerprint density at radius 1 is 1.37 bits per heavy atom. The van der Waals surface area contributed by atoms with Crippen molar-refractivity contribution in [2.75, 3.05) is 0 Å². The van der Waals surface area contributed by atoms with Crippen LogP contribution in [-0.2, 0) is 20.0 Å². The van der Waals surface area contributed by atoms with E-state index in [1.807, 2.05) is 12.1 Å². The number of hydrogen-bond donors (Lipinski definition) is 1. The van der Waals surface area contributed by atoms with Crippen molar-refractivity contribution in [2.45, 2.75) is 46.2 Å².